The Morgan fingerprint density at radius 2 is 1.92 bits per heavy atom. The van der Waals surface area contributed by atoms with Crippen molar-refractivity contribution in [2.45, 2.75) is 11.3 Å². The van der Waals surface area contributed by atoms with E-state index in [1.165, 1.54) is 11.3 Å². The summed E-state index contributed by atoms with van der Waals surface area (Å²) in [5.74, 6) is -1.17. The van der Waals surface area contributed by atoms with Crippen LogP contribution in [0.3, 0.4) is 0 Å². The molecule has 1 aromatic heterocycles. The van der Waals surface area contributed by atoms with Crippen LogP contribution in [-0.2, 0) is 21.1 Å². The van der Waals surface area contributed by atoms with Crippen molar-refractivity contribution in [3.63, 3.8) is 0 Å². The number of carbonyl (C=O) groups is 1. The zero-order chi connectivity index (χ0) is 18.7. The third-order valence-corrected chi connectivity index (χ3v) is 5.60. The number of hydrogen-bond acceptors (Lipinski definition) is 5. The lowest BCUT2D eigenvalue weighted by Gasteiger charge is -2.07. The van der Waals surface area contributed by atoms with E-state index in [1.807, 2.05) is 30.3 Å². The molecule has 134 valence electrons. The van der Waals surface area contributed by atoms with Gasteiger partial charge >= 0.3 is 0 Å². The molecule has 1 amide bonds. The molecule has 0 aliphatic rings. The number of nitrogens with one attached hydrogen (secondary N) is 1. The molecule has 0 saturated heterocycles. The number of carbonyl (C=O) groups excluding carboxylic acids is 1. The number of sulfone groups is 1. The summed E-state index contributed by atoms with van der Waals surface area (Å²) in [5.41, 5.74) is 1.35. The number of benzene rings is 2. The molecular formula is C18H15FN2O3S2. The first-order valence-electron chi connectivity index (χ1n) is 7.62. The monoisotopic (exact) mass is 390 g/mol. The van der Waals surface area contributed by atoms with Crippen LogP contribution in [0.5, 0.6) is 0 Å². The lowest BCUT2D eigenvalue weighted by Crippen LogP contribution is -2.16. The Morgan fingerprint density at radius 3 is 2.62 bits per heavy atom. The molecule has 0 saturated carbocycles. The maximum absolute atomic E-state index is 13.9. The molecule has 0 aliphatic carbocycles. The minimum atomic E-state index is -3.49. The number of anilines is 1. The average molecular weight is 390 g/mol. The number of rotatable bonds is 5. The molecule has 0 radical (unpaired) electrons. The van der Waals surface area contributed by atoms with E-state index in [2.05, 4.69) is 10.3 Å². The number of halogens is 1. The van der Waals surface area contributed by atoms with Crippen molar-refractivity contribution in [1.29, 1.82) is 0 Å². The fourth-order valence-electron chi connectivity index (χ4n) is 2.29. The summed E-state index contributed by atoms with van der Waals surface area (Å²) < 4.78 is 37.0. The largest absolute Gasteiger partial charge is 0.323 e. The molecule has 0 unspecified atom stereocenters. The minimum absolute atomic E-state index is 0.0358. The maximum atomic E-state index is 13.9. The SMILES string of the molecule is CS(=O)(=O)c1ccc(F)c(NC(=O)Cc2csc(-c3ccccc3)n2)c1. The maximum Gasteiger partial charge on any atom is 0.230 e. The van der Waals surface area contributed by atoms with Gasteiger partial charge in [0, 0.05) is 17.2 Å². The second kappa shape index (κ2) is 7.35. The van der Waals surface area contributed by atoms with Gasteiger partial charge in [0.25, 0.3) is 0 Å². The molecule has 3 rings (SSSR count). The van der Waals surface area contributed by atoms with Crippen molar-refractivity contribution in [3.8, 4) is 10.6 Å². The first-order chi connectivity index (χ1) is 12.3. The molecule has 8 heteroatoms. The van der Waals surface area contributed by atoms with Crippen LogP contribution in [-0.4, -0.2) is 25.6 Å². The van der Waals surface area contributed by atoms with Crippen LogP contribution in [0.15, 0.2) is 58.8 Å². The van der Waals surface area contributed by atoms with Gasteiger partial charge < -0.3 is 5.32 Å². The second-order valence-corrected chi connectivity index (χ2v) is 8.52. The fourth-order valence-corrected chi connectivity index (χ4v) is 3.76. The molecule has 2 aromatic carbocycles. The van der Waals surface area contributed by atoms with Gasteiger partial charge in [-0.15, -0.1) is 11.3 Å². The van der Waals surface area contributed by atoms with Crippen LogP contribution in [0.25, 0.3) is 10.6 Å². The lowest BCUT2D eigenvalue weighted by molar-refractivity contribution is -0.115. The van der Waals surface area contributed by atoms with Gasteiger partial charge in [0.2, 0.25) is 5.91 Å². The van der Waals surface area contributed by atoms with E-state index in [-0.39, 0.29) is 17.0 Å². The van der Waals surface area contributed by atoms with Crippen LogP contribution >= 0.6 is 11.3 Å². The summed E-state index contributed by atoms with van der Waals surface area (Å²) in [6.07, 6.45) is 0.984. The van der Waals surface area contributed by atoms with Crippen LogP contribution < -0.4 is 5.32 Å². The van der Waals surface area contributed by atoms with Crippen LogP contribution in [0.4, 0.5) is 10.1 Å². The van der Waals surface area contributed by atoms with Gasteiger partial charge in [-0.25, -0.2) is 17.8 Å². The zero-order valence-electron chi connectivity index (χ0n) is 13.8. The molecule has 3 aromatic rings. The van der Waals surface area contributed by atoms with Gasteiger partial charge in [-0.3, -0.25) is 4.79 Å². The topological polar surface area (TPSA) is 76.1 Å². The molecule has 1 heterocycles. The van der Waals surface area contributed by atoms with Crippen molar-refractivity contribution in [2.24, 2.45) is 0 Å². The zero-order valence-corrected chi connectivity index (χ0v) is 15.4. The summed E-state index contributed by atoms with van der Waals surface area (Å²) in [5, 5.41) is 4.97. The first kappa shape index (κ1) is 18.2. The van der Waals surface area contributed by atoms with E-state index in [9.17, 15) is 17.6 Å². The number of amides is 1. The fraction of sp³-hybridized carbons (Fsp3) is 0.111. The summed E-state index contributed by atoms with van der Waals surface area (Å²) in [7, 11) is -3.49. The Kier molecular flexibility index (Phi) is 5.15. The molecule has 0 fully saturated rings. The predicted molar refractivity (Wildman–Crippen MR) is 99.4 cm³/mol. The first-order valence-corrected chi connectivity index (χ1v) is 10.4. The summed E-state index contributed by atoms with van der Waals surface area (Å²) in [6, 6.07) is 12.9. The molecule has 1 N–H and O–H groups in total. The summed E-state index contributed by atoms with van der Waals surface area (Å²) in [4.78, 5) is 16.5. The molecule has 0 aliphatic heterocycles. The highest BCUT2D eigenvalue weighted by Gasteiger charge is 2.14. The van der Waals surface area contributed by atoms with Crippen LogP contribution in [0.2, 0.25) is 0 Å². The molecule has 0 bridgehead atoms. The van der Waals surface area contributed by atoms with Gasteiger partial charge in [0.15, 0.2) is 9.84 Å². The van der Waals surface area contributed by atoms with Crippen LogP contribution in [0.1, 0.15) is 5.69 Å². The van der Waals surface area contributed by atoms with Crippen LogP contribution in [0, 0.1) is 5.82 Å². The number of thiazole rings is 1. The average Bonchev–Trinajstić information content (AvgIpc) is 3.05. The van der Waals surface area contributed by atoms with E-state index < -0.39 is 21.6 Å². The number of aromatic nitrogens is 1. The van der Waals surface area contributed by atoms with Crippen molar-refractivity contribution >= 4 is 32.8 Å². The summed E-state index contributed by atoms with van der Waals surface area (Å²) >= 11 is 1.42. The Labute approximate surface area is 154 Å². The van der Waals surface area contributed by atoms with Crippen molar-refractivity contribution in [1.82, 2.24) is 4.98 Å². The molecule has 5 nitrogen and oxygen atoms in total. The molecular weight excluding hydrogens is 375 g/mol. The van der Waals surface area contributed by atoms with Gasteiger partial charge in [0.05, 0.1) is 22.7 Å². The molecule has 0 atom stereocenters. The highest BCUT2D eigenvalue weighted by molar-refractivity contribution is 7.90. The minimum Gasteiger partial charge on any atom is -0.323 e. The normalized spacial score (nSPS) is 11.3. The second-order valence-electron chi connectivity index (χ2n) is 5.65. The summed E-state index contributed by atoms with van der Waals surface area (Å²) in [6.45, 7) is 0. The number of hydrogen-bond donors (Lipinski definition) is 1. The predicted octanol–water partition coefficient (Wildman–Crippen LogP) is 3.53. The molecule has 26 heavy (non-hydrogen) atoms. The Hall–Kier alpha value is -2.58. The Morgan fingerprint density at radius 1 is 1.19 bits per heavy atom. The van der Waals surface area contributed by atoms with E-state index >= 15 is 0 Å². The van der Waals surface area contributed by atoms with Crippen molar-refractivity contribution in [3.05, 3.63) is 65.4 Å². The van der Waals surface area contributed by atoms with Gasteiger partial charge in [-0.1, -0.05) is 30.3 Å². The molecule has 0 spiro atoms. The highest BCUT2D eigenvalue weighted by atomic mass is 32.2. The number of nitrogens with zero attached hydrogens (tertiary/aromatic N) is 1. The van der Waals surface area contributed by atoms with Crippen molar-refractivity contribution in [2.75, 3.05) is 11.6 Å². The Bertz CT molecular complexity index is 1050. The van der Waals surface area contributed by atoms with E-state index in [0.29, 0.717) is 5.69 Å². The van der Waals surface area contributed by atoms with Gasteiger partial charge in [-0.2, -0.15) is 0 Å². The standard InChI is InChI=1S/C18H15FN2O3S2/c1-26(23,24)14-7-8-15(19)16(10-14)21-17(22)9-13-11-25-18(20-13)12-5-3-2-4-6-12/h2-8,10-11H,9H2,1H3,(H,21,22). The third kappa shape index (κ3) is 4.33. The lowest BCUT2D eigenvalue weighted by atomic mass is 10.2. The van der Waals surface area contributed by atoms with E-state index in [0.717, 1.165) is 35.0 Å². The smallest absolute Gasteiger partial charge is 0.230 e. The Balaban J connectivity index is 1.73. The highest BCUT2D eigenvalue weighted by Crippen LogP contribution is 2.24. The van der Waals surface area contributed by atoms with Gasteiger partial charge in [0.1, 0.15) is 10.8 Å². The third-order valence-electron chi connectivity index (χ3n) is 3.55. The quantitative estimate of drug-likeness (QED) is 0.676. The van der Waals surface area contributed by atoms with Gasteiger partial charge in [-0.05, 0) is 18.2 Å². The van der Waals surface area contributed by atoms with E-state index in [4.69, 9.17) is 0 Å². The van der Waals surface area contributed by atoms with Crippen molar-refractivity contribution < 1.29 is 17.6 Å². The van der Waals surface area contributed by atoms with E-state index in [1.54, 1.807) is 5.38 Å².